The van der Waals surface area contributed by atoms with Crippen LogP contribution in [0.4, 0.5) is 0 Å². The van der Waals surface area contributed by atoms with Crippen molar-refractivity contribution in [2.75, 3.05) is 6.54 Å². The zero-order valence-corrected chi connectivity index (χ0v) is 16.8. The van der Waals surface area contributed by atoms with Gasteiger partial charge in [0.15, 0.2) is 0 Å². The maximum atomic E-state index is 11.7. The smallest absolute Gasteiger partial charge is 0.371 e. The summed E-state index contributed by atoms with van der Waals surface area (Å²) in [6.07, 6.45) is 10.0. The first-order chi connectivity index (χ1) is 12.9. The highest BCUT2D eigenvalue weighted by Gasteiger charge is 2.04. The minimum atomic E-state index is -4.01. The summed E-state index contributed by atoms with van der Waals surface area (Å²) in [6, 6.07) is 6.48. The highest BCUT2D eigenvalue weighted by molar-refractivity contribution is 7.84. The third kappa shape index (κ3) is 12.9. The Labute approximate surface area is 163 Å². The Morgan fingerprint density at radius 2 is 1.70 bits per heavy atom. The number of carbonyl (C=O) groups is 1. The fourth-order valence-electron chi connectivity index (χ4n) is 2.52. The Hall–Kier alpha value is -2.04. The van der Waals surface area contributed by atoms with Crippen LogP contribution >= 0.6 is 0 Å². The zero-order chi connectivity index (χ0) is 20.0. The van der Waals surface area contributed by atoms with Crippen molar-refractivity contribution in [1.29, 1.82) is 0 Å². The van der Waals surface area contributed by atoms with Crippen molar-refractivity contribution in [3.05, 3.63) is 29.8 Å². The van der Waals surface area contributed by atoms with Crippen LogP contribution in [-0.4, -0.2) is 20.9 Å². The number of nitrogens with one attached hydrogen (secondary N) is 1. The Kier molecular flexibility index (Phi) is 11.2. The van der Waals surface area contributed by atoms with Crippen LogP contribution in [0.2, 0.25) is 0 Å². The lowest BCUT2D eigenvalue weighted by Gasteiger charge is -2.05. The second kappa shape index (κ2) is 13.2. The molecule has 7 heteroatoms. The summed E-state index contributed by atoms with van der Waals surface area (Å²) >= 11 is 0. The molecule has 0 radical (unpaired) electrons. The van der Waals surface area contributed by atoms with E-state index in [0.29, 0.717) is 13.0 Å². The molecule has 1 rings (SSSR count). The van der Waals surface area contributed by atoms with Crippen molar-refractivity contribution in [2.24, 2.45) is 5.14 Å². The maximum absolute atomic E-state index is 11.7. The van der Waals surface area contributed by atoms with Crippen molar-refractivity contribution in [1.82, 2.24) is 5.32 Å². The van der Waals surface area contributed by atoms with Gasteiger partial charge < -0.3 is 9.50 Å². The molecule has 0 heterocycles. The van der Waals surface area contributed by atoms with Crippen molar-refractivity contribution in [2.45, 2.75) is 64.7 Å². The summed E-state index contributed by atoms with van der Waals surface area (Å²) in [5, 5.41) is 7.55. The Morgan fingerprint density at radius 3 is 2.33 bits per heavy atom. The molecule has 0 bridgehead atoms. The molecule has 150 valence electrons. The predicted octanol–water partition coefficient (Wildman–Crippen LogP) is 3.07. The zero-order valence-electron chi connectivity index (χ0n) is 16.0. The van der Waals surface area contributed by atoms with E-state index in [0.717, 1.165) is 18.4 Å². The summed E-state index contributed by atoms with van der Waals surface area (Å²) in [5.41, 5.74) is 0.938. The van der Waals surface area contributed by atoms with Crippen LogP contribution in [0.1, 0.15) is 63.9 Å². The molecule has 3 N–H and O–H groups in total. The third-order valence-electron chi connectivity index (χ3n) is 3.94. The number of rotatable bonds is 12. The largest absolute Gasteiger partial charge is 0.380 e. The molecule has 0 atom stereocenters. The molecule has 0 unspecified atom stereocenters. The fourth-order valence-corrected chi connectivity index (χ4v) is 2.90. The standard InChI is InChI=1S/C20H30N2O4S/c1-2-3-4-5-6-7-8-9-10-11-20(23)22-17-16-18-12-14-19(15-13-18)26-27(21,24)25/h12-15H,2-9,16-17H2,1H3,(H,22,23)(H2,21,24,25). The Morgan fingerprint density at radius 1 is 1.07 bits per heavy atom. The van der Waals surface area contributed by atoms with Gasteiger partial charge >= 0.3 is 10.3 Å². The lowest BCUT2D eigenvalue weighted by Crippen LogP contribution is -2.24. The number of amides is 1. The quantitative estimate of drug-likeness (QED) is 0.420. The van der Waals surface area contributed by atoms with Crippen LogP contribution in [0.25, 0.3) is 0 Å². The molecule has 1 aromatic rings. The molecular weight excluding hydrogens is 364 g/mol. The predicted molar refractivity (Wildman–Crippen MR) is 107 cm³/mol. The van der Waals surface area contributed by atoms with Crippen LogP contribution in [0.3, 0.4) is 0 Å². The molecule has 0 fully saturated rings. The third-order valence-corrected chi connectivity index (χ3v) is 4.37. The van der Waals surface area contributed by atoms with Crippen LogP contribution in [0, 0.1) is 11.8 Å². The first-order valence-electron chi connectivity index (χ1n) is 9.48. The van der Waals surface area contributed by atoms with Gasteiger partial charge in [0.25, 0.3) is 5.91 Å². The van der Waals surface area contributed by atoms with Gasteiger partial charge in [-0.25, -0.2) is 0 Å². The van der Waals surface area contributed by atoms with Gasteiger partial charge in [-0.15, -0.1) is 0 Å². The average Bonchev–Trinajstić information content (AvgIpc) is 2.60. The molecule has 0 aromatic heterocycles. The van der Waals surface area contributed by atoms with Crippen LogP contribution in [0.5, 0.6) is 5.75 Å². The number of hydrogen-bond acceptors (Lipinski definition) is 4. The minimum absolute atomic E-state index is 0.154. The minimum Gasteiger partial charge on any atom is -0.371 e. The van der Waals surface area contributed by atoms with Gasteiger partial charge in [0, 0.05) is 13.0 Å². The van der Waals surface area contributed by atoms with Crippen LogP contribution in [-0.2, 0) is 21.5 Å². The van der Waals surface area contributed by atoms with E-state index in [1.807, 2.05) is 0 Å². The van der Waals surface area contributed by atoms with Gasteiger partial charge in [-0.3, -0.25) is 4.79 Å². The number of nitrogens with two attached hydrogens (primary N) is 1. The van der Waals surface area contributed by atoms with E-state index in [4.69, 9.17) is 5.14 Å². The number of hydrogen-bond donors (Lipinski definition) is 2. The van der Waals surface area contributed by atoms with Crippen molar-refractivity contribution >= 4 is 16.2 Å². The molecule has 27 heavy (non-hydrogen) atoms. The topological polar surface area (TPSA) is 98.5 Å². The monoisotopic (exact) mass is 394 g/mol. The molecule has 0 aliphatic carbocycles. The molecule has 0 saturated carbocycles. The lowest BCUT2D eigenvalue weighted by molar-refractivity contribution is -0.115. The van der Waals surface area contributed by atoms with Crippen molar-refractivity contribution in [3.8, 4) is 17.6 Å². The van der Waals surface area contributed by atoms with Gasteiger partial charge in [0.1, 0.15) is 5.75 Å². The van der Waals surface area contributed by atoms with E-state index in [-0.39, 0.29) is 11.7 Å². The first-order valence-corrected chi connectivity index (χ1v) is 11.0. The normalized spacial score (nSPS) is 10.7. The highest BCUT2D eigenvalue weighted by Crippen LogP contribution is 2.13. The van der Waals surface area contributed by atoms with E-state index in [2.05, 4.69) is 28.3 Å². The Bertz CT molecular complexity index is 719. The molecule has 6 nitrogen and oxygen atoms in total. The maximum Gasteiger partial charge on any atom is 0.380 e. The summed E-state index contributed by atoms with van der Waals surface area (Å²) in [4.78, 5) is 11.7. The van der Waals surface area contributed by atoms with Crippen molar-refractivity contribution < 1.29 is 17.4 Å². The van der Waals surface area contributed by atoms with Gasteiger partial charge in [-0.05, 0) is 36.5 Å². The second-order valence-electron chi connectivity index (χ2n) is 6.40. The fraction of sp³-hybridized carbons (Fsp3) is 0.550. The highest BCUT2D eigenvalue weighted by atomic mass is 32.2. The molecule has 0 aliphatic rings. The van der Waals surface area contributed by atoms with Gasteiger partial charge in [0.2, 0.25) is 0 Å². The summed E-state index contributed by atoms with van der Waals surface area (Å²) in [7, 11) is -4.01. The molecule has 1 amide bonds. The van der Waals surface area contributed by atoms with Gasteiger partial charge in [-0.2, -0.15) is 13.6 Å². The van der Waals surface area contributed by atoms with E-state index in [9.17, 15) is 13.2 Å². The summed E-state index contributed by atoms with van der Waals surface area (Å²) < 4.78 is 26.2. The molecule has 1 aromatic carbocycles. The van der Waals surface area contributed by atoms with Crippen LogP contribution < -0.4 is 14.6 Å². The van der Waals surface area contributed by atoms with E-state index < -0.39 is 10.3 Å². The Balaban J connectivity index is 2.15. The number of carbonyl (C=O) groups excluding carboxylic acids is 1. The van der Waals surface area contributed by atoms with E-state index >= 15 is 0 Å². The molecular formula is C20H30N2O4S. The van der Waals surface area contributed by atoms with E-state index in [1.165, 1.54) is 50.7 Å². The molecule has 0 aliphatic heterocycles. The number of benzene rings is 1. The van der Waals surface area contributed by atoms with Gasteiger partial charge in [0.05, 0.1) is 0 Å². The van der Waals surface area contributed by atoms with Crippen molar-refractivity contribution in [3.63, 3.8) is 0 Å². The van der Waals surface area contributed by atoms with Gasteiger partial charge in [-0.1, -0.05) is 63.5 Å². The summed E-state index contributed by atoms with van der Waals surface area (Å²) in [6.45, 7) is 2.67. The second-order valence-corrected chi connectivity index (χ2v) is 7.55. The van der Waals surface area contributed by atoms with E-state index in [1.54, 1.807) is 12.1 Å². The summed E-state index contributed by atoms with van der Waals surface area (Å²) in [5.74, 6) is 5.42. The number of unbranched alkanes of at least 4 members (excludes halogenated alkanes) is 7. The molecule has 0 spiro atoms. The molecule has 0 saturated heterocycles. The SMILES string of the molecule is CCCCCCCCCC#CC(=O)NCCc1ccc(OS(N)(=O)=O)cc1. The first kappa shape index (κ1) is 23.0. The average molecular weight is 395 g/mol. The lowest BCUT2D eigenvalue weighted by atomic mass is 10.1. The van der Waals surface area contributed by atoms with Crippen LogP contribution in [0.15, 0.2) is 24.3 Å².